The Bertz CT molecular complexity index is 1960. The molecule has 0 bridgehead atoms. The summed E-state index contributed by atoms with van der Waals surface area (Å²) in [5, 5.41) is 28.8. The van der Waals surface area contributed by atoms with Gasteiger partial charge in [-0.1, -0.05) is 30.8 Å². The highest BCUT2D eigenvalue weighted by Crippen LogP contribution is 2.36. The predicted molar refractivity (Wildman–Crippen MR) is 184 cm³/mol. The fourth-order valence-corrected chi connectivity index (χ4v) is 5.15. The third kappa shape index (κ3) is 7.98. The van der Waals surface area contributed by atoms with Crippen molar-refractivity contribution in [1.29, 1.82) is 0 Å². The average Bonchev–Trinajstić information content (AvgIpc) is 3.65. The Morgan fingerprint density at radius 2 is 1.26 bits per heavy atom. The van der Waals surface area contributed by atoms with Crippen LogP contribution in [0.5, 0.6) is 5.75 Å². The normalized spacial score (nSPS) is 13.3. The Balaban J connectivity index is 1.06. The minimum Gasteiger partial charge on any atom is -0.457 e. The van der Waals surface area contributed by atoms with Crippen LogP contribution < -0.4 is 9.64 Å². The molecule has 0 aliphatic carbocycles. The molecule has 5 aromatic carbocycles. The van der Waals surface area contributed by atoms with E-state index in [1.165, 1.54) is 23.9 Å². The SMILES string of the molecule is C=CC(=O)OCOc1ccc(N=Nc2ccc(N=Nc3ccc(N=Nc4ccc(N5CCCC5)c5ccccc45)cc3C)cc2)cc1. The van der Waals surface area contributed by atoms with E-state index in [0.717, 1.165) is 47.2 Å². The van der Waals surface area contributed by atoms with Gasteiger partial charge in [0, 0.05) is 35.6 Å². The molecule has 1 heterocycles. The monoisotopic (exact) mass is 623 g/mol. The van der Waals surface area contributed by atoms with Gasteiger partial charge in [-0.25, -0.2) is 4.79 Å². The molecule has 0 saturated carbocycles. The molecule has 234 valence electrons. The van der Waals surface area contributed by atoms with Crippen LogP contribution in [-0.4, -0.2) is 25.9 Å². The van der Waals surface area contributed by atoms with E-state index in [1.807, 2.05) is 55.5 Å². The summed E-state index contributed by atoms with van der Waals surface area (Å²) >= 11 is 0. The number of aryl methyl sites for hydroxylation is 1. The minimum absolute atomic E-state index is 0.196. The van der Waals surface area contributed by atoms with Gasteiger partial charge in [-0.3, -0.25) is 0 Å². The zero-order valence-electron chi connectivity index (χ0n) is 26.0. The van der Waals surface area contributed by atoms with Crippen LogP contribution in [0, 0.1) is 6.92 Å². The van der Waals surface area contributed by atoms with Crippen molar-refractivity contribution >= 4 is 56.6 Å². The van der Waals surface area contributed by atoms with E-state index in [-0.39, 0.29) is 6.79 Å². The molecule has 1 saturated heterocycles. The van der Waals surface area contributed by atoms with Crippen LogP contribution in [0.4, 0.5) is 39.8 Å². The number of esters is 1. The first-order valence-corrected chi connectivity index (χ1v) is 15.3. The summed E-state index contributed by atoms with van der Waals surface area (Å²) in [7, 11) is 0. The molecular weight excluding hydrogens is 590 g/mol. The lowest BCUT2D eigenvalue weighted by Crippen LogP contribution is -2.17. The fraction of sp³-hybridized carbons (Fsp3) is 0.162. The second-order valence-corrected chi connectivity index (χ2v) is 10.9. The Kier molecular flexibility index (Phi) is 9.78. The zero-order valence-corrected chi connectivity index (χ0v) is 26.0. The maximum Gasteiger partial charge on any atom is 0.333 e. The van der Waals surface area contributed by atoms with E-state index in [0.29, 0.717) is 22.8 Å². The van der Waals surface area contributed by atoms with E-state index < -0.39 is 5.97 Å². The number of fused-ring (bicyclic) bond motifs is 1. The van der Waals surface area contributed by atoms with E-state index in [2.05, 4.69) is 72.5 Å². The summed E-state index contributed by atoms with van der Waals surface area (Å²) in [6.45, 7) is 7.31. The third-order valence-electron chi connectivity index (χ3n) is 7.61. The van der Waals surface area contributed by atoms with Crippen molar-refractivity contribution in [3.05, 3.63) is 121 Å². The molecule has 0 atom stereocenters. The molecule has 0 aromatic heterocycles. The Hall–Kier alpha value is -6.03. The van der Waals surface area contributed by atoms with Gasteiger partial charge < -0.3 is 14.4 Å². The quantitative estimate of drug-likeness (QED) is 0.0630. The molecule has 47 heavy (non-hydrogen) atoms. The average molecular weight is 624 g/mol. The van der Waals surface area contributed by atoms with Gasteiger partial charge in [-0.05, 0) is 104 Å². The number of hydrogen-bond donors (Lipinski definition) is 0. The lowest BCUT2D eigenvalue weighted by atomic mass is 10.1. The van der Waals surface area contributed by atoms with Gasteiger partial charge in [-0.2, -0.15) is 25.6 Å². The summed E-state index contributed by atoms with van der Waals surface area (Å²) in [6, 6.07) is 32.6. The lowest BCUT2D eigenvalue weighted by Gasteiger charge is -2.20. The molecule has 10 nitrogen and oxygen atoms in total. The van der Waals surface area contributed by atoms with Crippen molar-refractivity contribution in [3.63, 3.8) is 0 Å². The van der Waals surface area contributed by atoms with Gasteiger partial charge in [0.2, 0.25) is 6.79 Å². The first-order chi connectivity index (χ1) is 23.1. The van der Waals surface area contributed by atoms with Crippen LogP contribution in [0.15, 0.2) is 146 Å². The van der Waals surface area contributed by atoms with Crippen LogP contribution >= 0.6 is 0 Å². The van der Waals surface area contributed by atoms with Gasteiger partial charge in [0.25, 0.3) is 0 Å². The van der Waals surface area contributed by atoms with Gasteiger partial charge in [0.15, 0.2) is 0 Å². The van der Waals surface area contributed by atoms with Crippen molar-refractivity contribution in [3.8, 4) is 5.75 Å². The highest BCUT2D eigenvalue weighted by molar-refractivity contribution is 6.01. The second-order valence-electron chi connectivity index (χ2n) is 10.9. The van der Waals surface area contributed by atoms with Crippen molar-refractivity contribution in [2.45, 2.75) is 19.8 Å². The largest absolute Gasteiger partial charge is 0.457 e. The second kappa shape index (κ2) is 14.8. The molecule has 0 radical (unpaired) electrons. The number of azo groups is 3. The third-order valence-corrected chi connectivity index (χ3v) is 7.61. The summed E-state index contributed by atoms with van der Waals surface area (Å²) in [4.78, 5) is 13.5. The minimum atomic E-state index is -0.546. The molecule has 1 aliphatic rings. The number of hydrogen-bond acceptors (Lipinski definition) is 10. The van der Waals surface area contributed by atoms with Crippen LogP contribution in [-0.2, 0) is 9.53 Å². The number of carbonyl (C=O) groups excluding carboxylic acids is 1. The number of ether oxygens (including phenoxy) is 2. The first-order valence-electron chi connectivity index (χ1n) is 15.3. The number of rotatable bonds is 11. The molecule has 1 fully saturated rings. The predicted octanol–water partition coefficient (Wildman–Crippen LogP) is 11.1. The number of carbonyl (C=O) groups is 1. The summed E-state index contributed by atoms with van der Waals surface area (Å²) in [5.41, 5.74) is 6.56. The fourth-order valence-electron chi connectivity index (χ4n) is 5.15. The number of benzene rings is 5. The van der Waals surface area contributed by atoms with Crippen molar-refractivity contribution in [2.75, 3.05) is 24.8 Å². The molecule has 0 spiro atoms. The Morgan fingerprint density at radius 3 is 1.91 bits per heavy atom. The Morgan fingerprint density at radius 1 is 0.702 bits per heavy atom. The molecular formula is C37H33N7O3. The van der Waals surface area contributed by atoms with E-state index in [4.69, 9.17) is 9.47 Å². The van der Waals surface area contributed by atoms with Gasteiger partial charge in [0.05, 0.1) is 34.1 Å². The maximum atomic E-state index is 11.1. The van der Waals surface area contributed by atoms with Crippen molar-refractivity contribution in [2.24, 2.45) is 30.7 Å². The van der Waals surface area contributed by atoms with E-state index in [9.17, 15) is 4.79 Å². The summed E-state index contributed by atoms with van der Waals surface area (Å²) in [6.07, 6.45) is 3.55. The lowest BCUT2D eigenvalue weighted by molar-refractivity contribution is -0.144. The van der Waals surface area contributed by atoms with Crippen molar-refractivity contribution in [1.82, 2.24) is 0 Å². The van der Waals surface area contributed by atoms with Crippen molar-refractivity contribution < 1.29 is 14.3 Å². The Labute approximate surface area is 272 Å². The number of nitrogens with zero attached hydrogens (tertiary/aromatic N) is 7. The highest BCUT2D eigenvalue weighted by atomic mass is 16.7. The molecule has 0 unspecified atom stereocenters. The molecule has 0 amide bonds. The molecule has 10 heteroatoms. The summed E-state index contributed by atoms with van der Waals surface area (Å²) in [5.74, 6) is -0.00761. The zero-order chi connectivity index (χ0) is 32.4. The standard InChI is InChI=1S/C37H33N7O3/c1-3-37(45)47-25-46-31-17-14-29(15-18-31)39-38-27-10-12-28(13-11-27)40-42-34-19-16-30(24-26(34)2)41-43-35-20-21-36(44-22-6-7-23-44)33-9-5-4-8-32(33)35/h3-5,8-21,24H,1,6-7,22-23,25H2,2H3. The van der Waals surface area contributed by atoms with E-state index >= 15 is 0 Å². The van der Waals surface area contributed by atoms with Crippen LogP contribution in [0.2, 0.25) is 0 Å². The first kappa shape index (κ1) is 31.0. The van der Waals surface area contributed by atoms with Crippen LogP contribution in [0.1, 0.15) is 18.4 Å². The van der Waals surface area contributed by atoms with Gasteiger partial charge >= 0.3 is 5.97 Å². The van der Waals surface area contributed by atoms with Gasteiger partial charge in [-0.15, -0.1) is 5.11 Å². The molecule has 6 rings (SSSR count). The van der Waals surface area contributed by atoms with Crippen LogP contribution in [0.25, 0.3) is 10.8 Å². The molecule has 0 N–H and O–H groups in total. The molecule has 1 aliphatic heterocycles. The number of anilines is 1. The van der Waals surface area contributed by atoms with Crippen LogP contribution in [0.3, 0.4) is 0 Å². The highest BCUT2D eigenvalue weighted by Gasteiger charge is 2.16. The summed E-state index contributed by atoms with van der Waals surface area (Å²) < 4.78 is 10.1. The molecule has 5 aromatic rings. The van der Waals surface area contributed by atoms with Gasteiger partial charge in [0.1, 0.15) is 5.75 Å². The smallest absolute Gasteiger partial charge is 0.333 e. The maximum absolute atomic E-state index is 11.1. The topological polar surface area (TPSA) is 113 Å². The van der Waals surface area contributed by atoms with E-state index in [1.54, 1.807) is 24.3 Å².